The van der Waals surface area contributed by atoms with E-state index in [1.54, 1.807) is 37.0 Å². The minimum Gasteiger partial charge on any atom is -0.346 e. The SMILES string of the molecule is C[C@H](NC(=O)c1cc(C(F)(F)F)cc(C(F)(F)F)c1)c1nc(N(C)C)nn1-c1ccc(C(=O)N(C)CC2CC2)cn1. The first-order chi connectivity index (χ1) is 19.0. The molecule has 4 rings (SSSR count). The van der Waals surface area contributed by atoms with Gasteiger partial charge in [0, 0.05) is 39.4 Å². The van der Waals surface area contributed by atoms with Crippen molar-refractivity contribution in [1.82, 2.24) is 30.0 Å². The maximum Gasteiger partial charge on any atom is 0.416 e. The largest absolute Gasteiger partial charge is 0.416 e. The van der Waals surface area contributed by atoms with Gasteiger partial charge < -0.3 is 15.1 Å². The molecule has 1 saturated carbocycles. The molecule has 15 heteroatoms. The van der Waals surface area contributed by atoms with E-state index >= 15 is 0 Å². The zero-order chi connectivity index (χ0) is 30.3. The van der Waals surface area contributed by atoms with E-state index in [1.807, 2.05) is 0 Å². The van der Waals surface area contributed by atoms with Crippen LogP contribution in [0.2, 0.25) is 0 Å². The van der Waals surface area contributed by atoms with Gasteiger partial charge in [-0.15, -0.1) is 5.10 Å². The maximum atomic E-state index is 13.3. The lowest BCUT2D eigenvalue weighted by Crippen LogP contribution is -2.30. The summed E-state index contributed by atoms with van der Waals surface area (Å²) in [6, 6.07) is 2.70. The molecular formula is C26H27F6N7O2. The summed E-state index contributed by atoms with van der Waals surface area (Å²) < 4.78 is 80.9. The number of anilines is 1. The molecule has 0 saturated heterocycles. The summed E-state index contributed by atoms with van der Waals surface area (Å²) in [6.07, 6.45) is -6.66. The van der Waals surface area contributed by atoms with Crippen molar-refractivity contribution in [3.8, 4) is 5.82 Å². The van der Waals surface area contributed by atoms with E-state index in [2.05, 4.69) is 20.4 Å². The number of halogens is 6. The molecule has 1 fully saturated rings. The zero-order valence-electron chi connectivity index (χ0n) is 22.5. The summed E-state index contributed by atoms with van der Waals surface area (Å²) in [6.45, 7) is 2.09. The number of pyridine rings is 1. The lowest BCUT2D eigenvalue weighted by atomic mass is 10.0. The van der Waals surface area contributed by atoms with Crippen LogP contribution < -0.4 is 10.2 Å². The Hall–Kier alpha value is -4.17. The quantitative estimate of drug-likeness (QED) is 0.385. The molecule has 1 aliphatic carbocycles. The highest BCUT2D eigenvalue weighted by atomic mass is 19.4. The molecule has 41 heavy (non-hydrogen) atoms. The summed E-state index contributed by atoms with van der Waals surface area (Å²) in [5.74, 6) is -0.355. The first kappa shape index (κ1) is 29.8. The third-order valence-corrected chi connectivity index (χ3v) is 6.39. The monoisotopic (exact) mass is 583 g/mol. The Labute approximate surface area is 231 Å². The van der Waals surface area contributed by atoms with Gasteiger partial charge >= 0.3 is 12.4 Å². The van der Waals surface area contributed by atoms with Gasteiger partial charge in [0.05, 0.1) is 22.7 Å². The number of amides is 2. The summed E-state index contributed by atoms with van der Waals surface area (Å²) in [5.41, 5.74) is -3.69. The van der Waals surface area contributed by atoms with Gasteiger partial charge in [-0.2, -0.15) is 36.0 Å². The fourth-order valence-electron chi connectivity index (χ4n) is 4.01. The van der Waals surface area contributed by atoms with Crippen LogP contribution in [0.4, 0.5) is 32.3 Å². The van der Waals surface area contributed by atoms with Gasteiger partial charge in [-0.05, 0) is 56.0 Å². The number of nitrogens with zero attached hydrogens (tertiary/aromatic N) is 6. The third-order valence-electron chi connectivity index (χ3n) is 6.39. The van der Waals surface area contributed by atoms with E-state index < -0.39 is 41.0 Å². The number of rotatable bonds is 8. The van der Waals surface area contributed by atoms with E-state index in [9.17, 15) is 35.9 Å². The van der Waals surface area contributed by atoms with Crippen molar-refractivity contribution in [2.45, 2.75) is 38.2 Å². The highest BCUT2D eigenvalue weighted by Crippen LogP contribution is 2.36. The van der Waals surface area contributed by atoms with Crippen molar-refractivity contribution in [2.75, 3.05) is 32.6 Å². The van der Waals surface area contributed by atoms with Crippen LogP contribution in [-0.2, 0) is 12.4 Å². The summed E-state index contributed by atoms with van der Waals surface area (Å²) in [5, 5.41) is 6.75. The number of hydrogen-bond donors (Lipinski definition) is 1. The predicted molar refractivity (Wildman–Crippen MR) is 135 cm³/mol. The average molecular weight is 584 g/mol. The molecule has 1 aromatic carbocycles. The molecule has 220 valence electrons. The second-order valence-corrected chi connectivity index (χ2v) is 10.1. The van der Waals surface area contributed by atoms with Crippen molar-refractivity contribution < 1.29 is 35.9 Å². The minimum atomic E-state index is -5.10. The average Bonchev–Trinajstić information content (AvgIpc) is 3.59. The molecule has 0 unspecified atom stereocenters. The second kappa shape index (κ2) is 11.0. The predicted octanol–water partition coefficient (Wildman–Crippen LogP) is 4.74. The standard InChI is InChI=1S/C26H27F6N7O2/c1-14(34-22(40)17-9-18(25(27,28)29)11-19(10-17)26(30,31)32)21-35-24(37(2)3)36-39(21)20-8-7-16(12-33-20)23(41)38(4)13-15-5-6-15/h7-12,14-15H,5-6,13H2,1-4H3,(H,34,40)/t14-/m0/s1. The number of alkyl halides is 6. The molecule has 0 spiro atoms. The molecule has 0 bridgehead atoms. The van der Waals surface area contributed by atoms with E-state index in [4.69, 9.17) is 0 Å². The highest BCUT2D eigenvalue weighted by molar-refractivity contribution is 5.95. The zero-order valence-corrected chi connectivity index (χ0v) is 22.5. The lowest BCUT2D eigenvalue weighted by molar-refractivity contribution is -0.143. The van der Waals surface area contributed by atoms with Gasteiger partial charge in [-0.3, -0.25) is 9.59 Å². The number of hydrogen-bond acceptors (Lipinski definition) is 6. The van der Waals surface area contributed by atoms with Crippen LogP contribution in [0.15, 0.2) is 36.5 Å². The van der Waals surface area contributed by atoms with Crippen LogP contribution >= 0.6 is 0 Å². The highest BCUT2D eigenvalue weighted by Gasteiger charge is 2.38. The molecule has 2 aromatic heterocycles. The molecule has 2 amide bonds. The normalized spacial score (nSPS) is 14.5. The number of carbonyl (C=O) groups is 2. The third kappa shape index (κ3) is 6.95. The first-order valence-corrected chi connectivity index (χ1v) is 12.5. The molecule has 0 aliphatic heterocycles. The van der Waals surface area contributed by atoms with Gasteiger partial charge in [0.25, 0.3) is 11.8 Å². The van der Waals surface area contributed by atoms with Crippen molar-refractivity contribution in [3.63, 3.8) is 0 Å². The summed E-state index contributed by atoms with van der Waals surface area (Å²) in [7, 11) is 5.01. The Kier molecular flexibility index (Phi) is 8.00. The van der Waals surface area contributed by atoms with E-state index in [0.29, 0.717) is 30.2 Å². The molecule has 3 aromatic rings. The van der Waals surface area contributed by atoms with Gasteiger partial charge in [0.15, 0.2) is 11.6 Å². The van der Waals surface area contributed by atoms with Crippen molar-refractivity contribution in [3.05, 3.63) is 64.6 Å². The van der Waals surface area contributed by atoms with Crippen molar-refractivity contribution >= 4 is 17.8 Å². The van der Waals surface area contributed by atoms with Crippen LogP contribution in [0.25, 0.3) is 5.82 Å². The Morgan fingerprint density at radius 1 is 1.00 bits per heavy atom. The Morgan fingerprint density at radius 2 is 1.61 bits per heavy atom. The summed E-state index contributed by atoms with van der Waals surface area (Å²) in [4.78, 5) is 37.4. The number of benzene rings is 1. The van der Waals surface area contributed by atoms with Crippen LogP contribution in [0.3, 0.4) is 0 Å². The Morgan fingerprint density at radius 3 is 2.10 bits per heavy atom. The van der Waals surface area contributed by atoms with Gasteiger partial charge in [0.1, 0.15) is 0 Å². The van der Waals surface area contributed by atoms with E-state index in [0.717, 1.165) is 12.8 Å². The molecule has 0 radical (unpaired) electrons. The molecule has 1 aliphatic rings. The van der Waals surface area contributed by atoms with Gasteiger partial charge in [0.2, 0.25) is 5.95 Å². The van der Waals surface area contributed by atoms with Crippen LogP contribution in [0, 0.1) is 5.92 Å². The first-order valence-electron chi connectivity index (χ1n) is 12.5. The van der Waals surface area contributed by atoms with Gasteiger partial charge in [-0.1, -0.05) is 0 Å². The van der Waals surface area contributed by atoms with Crippen LogP contribution in [-0.4, -0.2) is 64.2 Å². The minimum absolute atomic E-state index is 0.0516. The van der Waals surface area contributed by atoms with Crippen LogP contribution in [0.1, 0.15) is 63.5 Å². The van der Waals surface area contributed by atoms with E-state index in [1.165, 1.54) is 23.9 Å². The molecule has 1 N–H and O–H groups in total. The van der Waals surface area contributed by atoms with Crippen LogP contribution in [0.5, 0.6) is 0 Å². The maximum absolute atomic E-state index is 13.3. The number of carbonyl (C=O) groups excluding carboxylic acids is 2. The molecular weight excluding hydrogens is 556 g/mol. The van der Waals surface area contributed by atoms with Crippen molar-refractivity contribution in [1.29, 1.82) is 0 Å². The smallest absolute Gasteiger partial charge is 0.346 e. The molecule has 9 nitrogen and oxygen atoms in total. The second-order valence-electron chi connectivity index (χ2n) is 10.1. The summed E-state index contributed by atoms with van der Waals surface area (Å²) >= 11 is 0. The number of nitrogens with one attached hydrogen (secondary N) is 1. The van der Waals surface area contributed by atoms with Gasteiger partial charge in [-0.25, -0.2) is 4.98 Å². The lowest BCUT2D eigenvalue weighted by Gasteiger charge is -2.17. The Balaban J connectivity index is 1.61. The Bertz CT molecular complexity index is 1400. The van der Waals surface area contributed by atoms with Crippen molar-refractivity contribution in [2.24, 2.45) is 5.92 Å². The number of aromatic nitrogens is 4. The fraction of sp³-hybridized carbons (Fsp3) is 0.423. The fourth-order valence-corrected chi connectivity index (χ4v) is 4.01. The molecule has 2 heterocycles. The van der Waals surface area contributed by atoms with E-state index in [-0.39, 0.29) is 29.6 Å². The molecule has 1 atom stereocenters. The topological polar surface area (TPSA) is 96.2 Å².